The van der Waals surface area contributed by atoms with Crippen LogP contribution >= 0.6 is 0 Å². The smallest absolute Gasteiger partial charge is 0.422 e. The van der Waals surface area contributed by atoms with Gasteiger partial charge in [0.2, 0.25) is 0 Å². The van der Waals surface area contributed by atoms with E-state index in [1.165, 1.54) is 6.92 Å². The predicted octanol–water partition coefficient (Wildman–Crippen LogP) is 1.78. The average molecular weight is 348 g/mol. The Morgan fingerprint density at radius 1 is 1.09 bits per heavy atom. The van der Waals surface area contributed by atoms with Crippen molar-refractivity contribution in [3.8, 4) is 0 Å². The van der Waals surface area contributed by atoms with Gasteiger partial charge in [0.25, 0.3) is 6.10 Å². The summed E-state index contributed by atoms with van der Waals surface area (Å²) in [4.78, 5) is 33.8. The fraction of sp³-hybridized carbons (Fsp3) is 0.583. The maximum absolute atomic E-state index is 13.8. The van der Waals surface area contributed by atoms with E-state index in [0.717, 1.165) is 6.92 Å². The van der Waals surface area contributed by atoms with E-state index in [-0.39, 0.29) is 0 Å². The lowest BCUT2D eigenvalue weighted by Crippen LogP contribution is -2.51. The van der Waals surface area contributed by atoms with Gasteiger partial charge in [-0.2, -0.15) is 22.0 Å². The first-order valence-electron chi connectivity index (χ1n) is 5.97. The molecule has 11 heteroatoms. The zero-order chi connectivity index (χ0) is 18.4. The molecule has 0 aliphatic rings. The third-order valence-corrected chi connectivity index (χ3v) is 2.04. The summed E-state index contributed by atoms with van der Waals surface area (Å²) >= 11 is 0. The summed E-state index contributed by atoms with van der Waals surface area (Å²) in [5.74, 6) is -10.9. The molecule has 0 heterocycles. The van der Waals surface area contributed by atoms with Gasteiger partial charge in [0.15, 0.2) is 6.61 Å². The average Bonchev–Trinajstić information content (AvgIpc) is 2.40. The number of esters is 3. The minimum absolute atomic E-state index is 0.390. The molecule has 6 nitrogen and oxygen atoms in total. The lowest BCUT2D eigenvalue weighted by atomic mass is 10.2. The van der Waals surface area contributed by atoms with Crippen LogP contribution in [0.2, 0.25) is 0 Å². The summed E-state index contributed by atoms with van der Waals surface area (Å²) in [5.41, 5.74) is -0.390. The largest absolute Gasteiger partial charge is 0.463 e. The second-order valence-corrected chi connectivity index (χ2v) is 4.13. The molecule has 0 aromatic rings. The van der Waals surface area contributed by atoms with Crippen molar-refractivity contribution in [3.05, 3.63) is 12.2 Å². The van der Waals surface area contributed by atoms with Crippen molar-refractivity contribution in [1.29, 1.82) is 0 Å². The van der Waals surface area contributed by atoms with Crippen molar-refractivity contribution < 1.29 is 50.5 Å². The zero-order valence-corrected chi connectivity index (χ0v) is 12.0. The van der Waals surface area contributed by atoms with Gasteiger partial charge in [0.1, 0.15) is 0 Å². The summed E-state index contributed by atoms with van der Waals surface area (Å²) in [6, 6.07) is 0. The summed E-state index contributed by atoms with van der Waals surface area (Å²) < 4.78 is 75.0. The van der Waals surface area contributed by atoms with Crippen molar-refractivity contribution >= 4 is 17.9 Å². The third-order valence-electron chi connectivity index (χ3n) is 2.04. The van der Waals surface area contributed by atoms with E-state index in [1.54, 1.807) is 0 Å². The van der Waals surface area contributed by atoms with Crippen molar-refractivity contribution in [2.24, 2.45) is 0 Å². The molecule has 132 valence electrons. The highest BCUT2D eigenvalue weighted by Gasteiger charge is 2.57. The van der Waals surface area contributed by atoms with Crippen molar-refractivity contribution in [1.82, 2.24) is 0 Å². The fourth-order valence-corrected chi connectivity index (χ4v) is 1.05. The van der Waals surface area contributed by atoms with Crippen LogP contribution in [0.1, 0.15) is 13.8 Å². The van der Waals surface area contributed by atoms with Crippen LogP contribution in [0.3, 0.4) is 0 Å². The molecule has 0 saturated carbocycles. The molecular weight excluding hydrogens is 335 g/mol. The van der Waals surface area contributed by atoms with E-state index in [1.807, 2.05) is 0 Å². The molecule has 0 bridgehead atoms. The van der Waals surface area contributed by atoms with Gasteiger partial charge in [-0.05, 0) is 13.8 Å². The van der Waals surface area contributed by atoms with Gasteiger partial charge < -0.3 is 14.2 Å². The first kappa shape index (κ1) is 20.8. The summed E-state index contributed by atoms with van der Waals surface area (Å²) in [5, 5.41) is 0. The SMILES string of the molecule is C=C(C)C(=O)OC(C(=O)OCC)C(F)(F)C(=O)OCC(F)(F)F. The molecule has 0 radical (unpaired) electrons. The number of hydrogen-bond acceptors (Lipinski definition) is 6. The number of carbonyl (C=O) groups is 3. The Bertz CT molecular complexity index is 485. The van der Waals surface area contributed by atoms with Gasteiger partial charge in [-0.25, -0.2) is 14.4 Å². The van der Waals surface area contributed by atoms with E-state index in [4.69, 9.17) is 0 Å². The Labute approximate surface area is 127 Å². The lowest BCUT2D eigenvalue weighted by molar-refractivity contribution is -0.220. The highest BCUT2D eigenvalue weighted by atomic mass is 19.4. The number of alkyl halides is 5. The van der Waals surface area contributed by atoms with Crippen LogP contribution in [0, 0.1) is 0 Å². The summed E-state index contributed by atoms with van der Waals surface area (Å²) in [7, 11) is 0. The van der Waals surface area contributed by atoms with Crippen LogP contribution in [0.5, 0.6) is 0 Å². The van der Waals surface area contributed by atoms with Gasteiger partial charge in [-0.1, -0.05) is 6.58 Å². The molecule has 0 aliphatic carbocycles. The number of carbonyl (C=O) groups excluding carboxylic acids is 3. The van der Waals surface area contributed by atoms with Crippen molar-refractivity contribution in [3.63, 3.8) is 0 Å². The van der Waals surface area contributed by atoms with Crippen LogP contribution in [-0.4, -0.2) is 49.3 Å². The Balaban J connectivity index is 5.31. The van der Waals surface area contributed by atoms with Crippen LogP contribution in [0.25, 0.3) is 0 Å². The fourth-order valence-electron chi connectivity index (χ4n) is 1.05. The number of ether oxygens (including phenoxy) is 3. The second-order valence-electron chi connectivity index (χ2n) is 4.13. The van der Waals surface area contributed by atoms with Crippen LogP contribution in [0.4, 0.5) is 22.0 Å². The van der Waals surface area contributed by atoms with E-state index in [9.17, 15) is 36.3 Å². The van der Waals surface area contributed by atoms with Crippen molar-refractivity contribution in [2.45, 2.75) is 32.1 Å². The summed E-state index contributed by atoms with van der Waals surface area (Å²) in [6.07, 6.45) is -8.16. The monoisotopic (exact) mass is 348 g/mol. The maximum Gasteiger partial charge on any atom is 0.422 e. The van der Waals surface area contributed by atoms with Gasteiger partial charge in [-0.15, -0.1) is 0 Å². The Kier molecular flexibility index (Phi) is 7.13. The molecule has 1 atom stereocenters. The molecule has 0 aromatic carbocycles. The zero-order valence-electron chi connectivity index (χ0n) is 12.0. The molecule has 1 unspecified atom stereocenters. The van der Waals surface area contributed by atoms with E-state index >= 15 is 0 Å². The molecule has 0 fully saturated rings. The Hall–Kier alpha value is -2.20. The molecular formula is C12H13F5O6. The minimum Gasteiger partial charge on any atom is -0.463 e. The van der Waals surface area contributed by atoms with Gasteiger partial charge in [0, 0.05) is 5.57 Å². The predicted molar refractivity (Wildman–Crippen MR) is 63.3 cm³/mol. The minimum atomic E-state index is -5.06. The lowest BCUT2D eigenvalue weighted by Gasteiger charge is -2.23. The van der Waals surface area contributed by atoms with Gasteiger partial charge in [0.05, 0.1) is 6.61 Å². The quantitative estimate of drug-likeness (QED) is 0.302. The van der Waals surface area contributed by atoms with Gasteiger partial charge >= 0.3 is 30.0 Å². The first-order chi connectivity index (χ1) is 10.3. The summed E-state index contributed by atoms with van der Waals surface area (Å²) in [6.45, 7) is 2.66. The standard InChI is InChI=1S/C12H13F5O6/c1-4-21-9(19)7(23-8(18)6(2)3)12(16,17)10(20)22-5-11(13,14)15/h7H,2,4-5H2,1,3H3. The third kappa shape index (κ3) is 6.61. The number of rotatable bonds is 7. The molecule has 0 N–H and O–H groups in total. The maximum atomic E-state index is 13.8. The first-order valence-corrected chi connectivity index (χ1v) is 5.97. The van der Waals surface area contributed by atoms with Crippen LogP contribution < -0.4 is 0 Å². The highest BCUT2D eigenvalue weighted by Crippen LogP contribution is 2.27. The van der Waals surface area contributed by atoms with E-state index in [0.29, 0.717) is 0 Å². The van der Waals surface area contributed by atoms with E-state index < -0.39 is 54.9 Å². The Morgan fingerprint density at radius 2 is 1.61 bits per heavy atom. The highest BCUT2D eigenvalue weighted by molar-refractivity contribution is 5.93. The molecule has 0 aliphatic heterocycles. The molecule has 0 spiro atoms. The molecule has 0 amide bonds. The normalized spacial score (nSPS) is 13.0. The van der Waals surface area contributed by atoms with Crippen LogP contribution in [0.15, 0.2) is 12.2 Å². The topological polar surface area (TPSA) is 78.9 Å². The molecule has 23 heavy (non-hydrogen) atoms. The number of hydrogen-bond donors (Lipinski definition) is 0. The van der Waals surface area contributed by atoms with Gasteiger partial charge in [-0.3, -0.25) is 0 Å². The van der Waals surface area contributed by atoms with Crippen molar-refractivity contribution in [2.75, 3.05) is 13.2 Å². The molecule has 0 rings (SSSR count). The molecule has 0 aromatic heterocycles. The number of halogens is 5. The van der Waals surface area contributed by atoms with Crippen LogP contribution in [-0.2, 0) is 28.6 Å². The van der Waals surface area contributed by atoms with E-state index in [2.05, 4.69) is 20.8 Å². The second kappa shape index (κ2) is 7.88. The molecule has 0 saturated heterocycles. The Morgan fingerprint density at radius 3 is 2.00 bits per heavy atom.